The van der Waals surface area contributed by atoms with Gasteiger partial charge in [0, 0.05) is 18.9 Å². The number of hydrogen-bond acceptors (Lipinski definition) is 9. The first kappa shape index (κ1) is 29.1. The first-order chi connectivity index (χ1) is 19.3. The number of pyridine rings is 1. The van der Waals surface area contributed by atoms with E-state index in [9.17, 15) is 22.4 Å². The number of sulfone groups is 1. The molecule has 4 aromatic rings. The van der Waals surface area contributed by atoms with Crippen LogP contribution in [0.4, 0.5) is 4.39 Å². The third-order valence-corrected chi connectivity index (χ3v) is 8.84. The Kier molecular flexibility index (Phi) is 9.74. The van der Waals surface area contributed by atoms with Gasteiger partial charge < -0.3 is 20.1 Å². The van der Waals surface area contributed by atoms with Gasteiger partial charge in [0.05, 0.1) is 35.7 Å². The highest BCUT2D eigenvalue weighted by Gasteiger charge is 2.37. The fraction of sp³-hybridized carbons (Fsp3) is 0.259. The van der Waals surface area contributed by atoms with E-state index in [1.54, 1.807) is 36.4 Å². The van der Waals surface area contributed by atoms with E-state index in [1.165, 1.54) is 19.4 Å². The Labute approximate surface area is 234 Å². The van der Waals surface area contributed by atoms with Crippen molar-refractivity contribution in [2.24, 2.45) is 0 Å². The maximum absolute atomic E-state index is 13.2. The van der Waals surface area contributed by atoms with E-state index < -0.39 is 45.1 Å². The molecule has 0 bridgehead atoms. The zero-order valence-corrected chi connectivity index (χ0v) is 23.1. The fourth-order valence-electron chi connectivity index (χ4n) is 3.73. The number of hydrogen-bond donors (Lipinski definition) is 2. The second-order valence-electron chi connectivity index (χ2n) is 8.57. The van der Waals surface area contributed by atoms with Crippen molar-refractivity contribution in [3.05, 3.63) is 77.8 Å². The van der Waals surface area contributed by atoms with Crippen LogP contribution in [0.15, 0.2) is 66.9 Å². The maximum Gasteiger partial charge on any atom is 0.245 e. The molecule has 0 saturated heterocycles. The van der Waals surface area contributed by atoms with Gasteiger partial charge in [-0.1, -0.05) is 24.3 Å². The van der Waals surface area contributed by atoms with E-state index in [0.717, 1.165) is 16.9 Å². The summed E-state index contributed by atoms with van der Waals surface area (Å²) < 4.78 is 50.7. The number of ether oxygens (including phenoxy) is 2. The minimum atomic E-state index is -4.04. The SMILES string of the molecule is COCCS(=O)(=O)C(C(=O)NCC(=O)NCCOc1ccccc1)c1nc2ccc(-c3ccc(F)nc3)cc2s1. The van der Waals surface area contributed by atoms with Crippen LogP contribution in [0.3, 0.4) is 0 Å². The predicted octanol–water partition coefficient (Wildman–Crippen LogP) is 2.91. The summed E-state index contributed by atoms with van der Waals surface area (Å²) in [7, 11) is -2.68. The van der Waals surface area contributed by atoms with Crippen molar-refractivity contribution in [3.8, 4) is 16.9 Å². The quantitative estimate of drug-likeness (QED) is 0.180. The number of para-hydroxylation sites is 1. The average Bonchev–Trinajstić information content (AvgIpc) is 3.36. The van der Waals surface area contributed by atoms with Crippen molar-refractivity contribution in [1.29, 1.82) is 0 Å². The van der Waals surface area contributed by atoms with Crippen LogP contribution in [0.25, 0.3) is 21.3 Å². The minimum Gasteiger partial charge on any atom is -0.492 e. The highest BCUT2D eigenvalue weighted by Crippen LogP contribution is 2.34. The van der Waals surface area contributed by atoms with Gasteiger partial charge >= 0.3 is 0 Å². The zero-order chi connectivity index (χ0) is 28.5. The lowest BCUT2D eigenvalue weighted by Crippen LogP contribution is -2.42. The summed E-state index contributed by atoms with van der Waals surface area (Å²) in [4.78, 5) is 33.5. The molecule has 0 aliphatic carbocycles. The topological polar surface area (TPSA) is 137 Å². The number of halogens is 1. The molecule has 0 fully saturated rings. The highest BCUT2D eigenvalue weighted by molar-refractivity contribution is 7.92. The summed E-state index contributed by atoms with van der Waals surface area (Å²) in [6.07, 6.45) is 1.39. The Morgan fingerprint density at radius 1 is 1.02 bits per heavy atom. The van der Waals surface area contributed by atoms with Crippen LogP contribution >= 0.6 is 11.3 Å². The number of nitrogens with zero attached hydrogens (tertiary/aromatic N) is 2. The normalized spacial score (nSPS) is 12.2. The lowest BCUT2D eigenvalue weighted by Gasteiger charge is -2.15. The number of carbonyl (C=O) groups excluding carboxylic acids is 2. The third-order valence-electron chi connectivity index (χ3n) is 5.72. The van der Waals surface area contributed by atoms with Gasteiger partial charge in [0.1, 0.15) is 17.4 Å². The van der Waals surface area contributed by atoms with Crippen LogP contribution in [-0.4, -0.2) is 69.4 Å². The molecule has 1 unspecified atom stereocenters. The van der Waals surface area contributed by atoms with E-state index in [-0.39, 0.29) is 24.8 Å². The Morgan fingerprint density at radius 3 is 2.52 bits per heavy atom. The smallest absolute Gasteiger partial charge is 0.245 e. The first-order valence-corrected chi connectivity index (χ1v) is 14.7. The largest absolute Gasteiger partial charge is 0.492 e. The summed E-state index contributed by atoms with van der Waals surface area (Å²) in [5, 5.41) is 3.47. The molecule has 0 radical (unpaired) electrons. The average molecular weight is 587 g/mol. The molecular weight excluding hydrogens is 559 g/mol. The van der Waals surface area contributed by atoms with Crippen LogP contribution in [0.5, 0.6) is 5.75 Å². The summed E-state index contributed by atoms with van der Waals surface area (Å²) in [5.41, 5.74) is 1.89. The Morgan fingerprint density at radius 2 is 1.80 bits per heavy atom. The van der Waals surface area contributed by atoms with Gasteiger partial charge in [-0.25, -0.2) is 18.4 Å². The molecule has 2 aromatic heterocycles. The van der Waals surface area contributed by atoms with E-state index >= 15 is 0 Å². The molecule has 1 atom stereocenters. The van der Waals surface area contributed by atoms with Gasteiger partial charge in [0.15, 0.2) is 15.1 Å². The second kappa shape index (κ2) is 13.4. The lowest BCUT2D eigenvalue weighted by atomic mass is 10.1. The molecule has 210 valence electrons. The van der Waals surface area contributed by atoms with Gasteiger partial charge in [-0.3, -0.25) is 9.59 Å². The number of fused-ring (bicyclic) bond motifs is 1. The molecule has 0 spiro atoms. The van der Waals surface area contributed by atoms with Gasteiger partial charge in [0.25, 0.3) is 0 Å². The van der Waals surface area contributed by atoms with Crippen LogP contribution < -0.4 is 15.4 Å². The van der Waals surface area contributed by atoms with E-state index in [0.29, 0.717) is 21.5 Å². The molecule has 4 rings (SSSR count). The molecule has 2 amide bonds. The summed E-state index contributed by atoms with van der Waals surface area (Å²) in [5.74, 6) is -1.72. The number of carbonyl (C=O) groups is 2. The molecule has 40 heavy (non-hydrogen) atoms. The third kappa shape index (κ3) is 7.58. The molecule has 0 aliphatic rings. The maximum atomic E-state index is 13.2. The summed E-state index contributed by atoms with van der Waals surface area (Å²) in [6.45, 7) is -0.115. The van der Waals surface area contributed by atoms with E-state index in [1.807, 2.05) is 18.2 Å². The van der Waals surface area contributed by atoms with Crippen molar-refractivity contribution in [2.75, 3.05) is 39.2 Å². The van der Waals surface area contributed by atoms with Crippen molar-refractivity contribution in [3.63, 3.8) is 0 Å². The predicted molar refractivity (Wildman–Crippen MR) is 149 cm³/mol. The van der Waals surface area contributed by atoms with Gasteiger partial charge in [-0.05, 0) is 42.0 Å². The van der Waals surface area contributed by atoms with Gasteiger partial charge in [-0.15, -0.1) is 11.3 Å². The number of nitrogens with one attached hydrogen (secondary N) is 2. The number of methoxy groups -OCH3 is 1. The van der Waals surface area contributed by atoms with Crippen LogP contribution in [-0.2, 0) is 24.2 Å². The van der Waals surface area contributed by atoms with Gasteiger partial charge in [-0.2, -0.15) is 4.39 Å². The number of thiazole rings is 1. The summed E-state index contributed by atoms with van der Waals surface area (Å²) >= 11 is 1.05. The zero-order valence-electron chi connectivity index (χ0n) is 21.5. The molecule has 0 saturated carbocycles. The molecule has 0 aliphatic heterocycles. The second-order valence-corrected chi connectivity index (χ2v) is 11.8. The standard InChI is InChI=1S/C27H27FN4O6S2/c1-37-13-14-40(35,36)25(26(34)31-17-24(33)29-11-12-38-20-5-3-2-4-6-20)27-32-21-9-7-18(15-22(21)39-27)19-8-10-23(28)30-16-19/h2-10,15-16,25H,11-14,17H2,1H3,(H,29,33)(H,31,34). The monoisotopic (exact) mass is 586 g/mol. The van der Waals surface area contributed by atoms with Crippen LogP contribution in [0.2, 0.25) is 0 Å². The molecule has 13 heteroatoms. The van der Waals surface area contributed by atoms with Crippen LogP contribution in [0, 0.1) is 5.95 Å². The molecule has 2 N–H and O–H groups in total. The van der Waals surface area contributed by atoms with Crippen molar-refractivity contribution in [2.45, 2.75) is 5.25 Å². The number of benzene rings is 2. The molecule has 2 heterocycles. The molecule has 2 aromatic carbocycles. The highest BCUT2D eigenvalue weighted by atomic mass is 32.2. The van der Waals surface area contributed by atoms with Crippen LogP contribution in [0.1, 0.15) is 10.3 Å². The number of amides is 2. The fourth-order valence-corrected chi connectivity index (χ4v) is 6.70. The van der Waals surface area contributed by atoms with Crippen molar-refractivity contribution in [1.82, 2.24) is 20.6 Å². The van der Waals surface area contributed by atoms with E-state index in [2.05, 4.69) is 20.6 Å². The Balaban J connectivity index is 1.46. The first-order valence-electron chi connectivity index (χ1n) is 12.2. The number of aromatic nitrogens is 2. The van der Waals surface area contributed by atoms with Crippen molar-refractivity contribution >= 4 is 43.2 Å². The van der Waals surface area contributed by atoms with Crippen molar-refractivity contribution < 1.29 is 31.9 Å². The molecule has 10 nitrogen and oxygen atoms in total. The number of rotatable bonds is 13. The lowest BCUT2D eigenvalue weighted by molar-refractivity contribution is -0.126. The summed E-state index contributed by atoms with van der Waals surface area (Å²) in [6, 6.07) is 17.1. The minimum absolute atomic E-state index is 0.0645. The van der Waals surface area contributed by atoms with Gasteiger partial charge in [0.2, 0.25) is 17.8 Å². The molecular formula is C27H27FN4O6S2. The Bertz CT molecular complexity index is 1560. The van der Waals surface area contributed by atoms with E-state index in [4.69, 9.17) is 9.47 Å². The Hall–Kier alpha value is -3.94.